The molecule has 1 saturated heterocycles. The summed E-state index contributed by atoms with van der Waals surface area (Å²) in [6, 6.07) is 13.6. The molecule has 0 unspecified atom stereocenters. The first-order valence-corrected chi connectivity index (χ1v) is 10.6. The first-order chi connectivity index (χ1) is 14.4. The van der Waals surface area contributed by atoms with Crippen LogP contribution in [0, 0.1) is 5.82 Å². The van der Waals surface area contributed by atoms with Gasteiger partial charge < -0.3 is 15.1 Å². The third kappa shape index (κ3) is 4.99. The van der Waals surface area contributed by atoms with E-state index in [0.29, 0.717) is 12.1 Å². The lowest BCUT2D eigenvalue weighted by atomic mass is 10.0. The second-order valence-electron chi connectivity index (χ2n) is 7.95. The minimum Gasteiger partial charge on any atom is -0.371 e. The molecule has 0 spiro atoms. The number of rotatable bonds is 6. The summed E-state index contributed by atoms with van der Waals surface area (Å²) in [6.45, 7) is 8.19. The van der Waals surface area contributed by atoms with Gasteiger partial charge in [0.2, 0.25) is 0 Å². The number of hydrogen-bond acceptors (Lipinski definition) is 3. The van der Waals surface area contributed by atoms with Crippen LogP contribution < -0.4 is 10.2 Å². The summed E-state index contributed by atoms with van der Waals surface area (Å²) < 4.78 is 13.4. The third-order valence-electron chi connectivity index (χ3n) is 5.62. The second kappa shape index (κ2) is 9.74. The van der Waals surface area contributed by atoms with Crippen LogP contribution in [0.15, 0.2) is 48.5 Å². The highest BCUT2D eigenvalue weighted by atomic mass is 19.1. The molecule has 1 N–H and O–H groups in total. The van der Waals surface area contributed by atoms with Crippen molar-refractivity contribution >= 4 is 17.5 Å². The number of benzene rings is 2. The van der Waals surface area contributed by atoms with Crippen molar-refractivity contribution in [2.75, 3.05) is 24.5 Å². The number of amides is 2. The summed E-state index contributed by atoms with van der Waals surface area (Å²) in [5.41, 5.74) is 1.99. The van der Waals surface area contributed by atoms with Crippen molar-refractivity contribution in [1.29, 1.82) is 0 Å². The van der Waals surface area contributed by atoms with E-state index in [2.05, 4.69) is 10.2 Å². The highest BCUT2D eigenvalue weighted by Gasteiger charge is 2.26. The largest absolute Gasteiger partial charge is 0.371 e. The van der Waals surface area contributed by atoms with Gasteiger partial charge in [-0.3, -0.25) is 9.59 Å². The van der Waals surface area contributed by atoms with Crippen molar-refractivity contribution in [2.45, 2.75) is 45.7 Å². The molecule has 5 nitrogen and oxygen atoms in total. The van der Waals surface area contributed by atoms with Crippen LogP contribution in [0.3, 0.4) is 0 Å². The minimum absolute atomic E-state index is 0.0303. The third-order valence-corrected chi connectivity index (χ3v) is 5.62. The maximum atomic E-state index is 13.4. The van der Waals surface area contributed by atoms with Crippen LogP contribution >= 0.6 is 0 Å². The van der Waals surface area contributed by atoms with Crippen LogP contribution in [0.4, 0.5) is 10.1 Å². The molecule has 2 aromatic carbocycles. The quantitative estimate of drug-likeness (QED) is 0.779. The second-order valence-corrected chi connectivity index (χ2v) is 7.95. The smallest absolute Gasteiger partial charge is 0.256 e. The Bertz CT molecular complexity index is 892. The number of carbonyl (C=O) groups is 2. The molecule has 30 heavy (non-hydrogen) atoms. The van der Waals surface area contributed by atoms with Gasteiger partial charge in [0.05, 0.1) is 5.56 Å². The number of halogens is 1. The van der Waals surface area contributed by atoms with Gasteiger partial charge in [-0.1, -0.05) is 18.2 Å². The Kier molecular flexibility index (Phi) is 7.08. The van der Waals surface area contributed by atoms with Crippen LogP contribution in [0.2, 0.25) is 0 Å². The zero-order chi connectivity index (χ0) is 21.7. The number of piperidine rings is 1. The zero-order valence-corrected chi connectivity index (χ0v) is 17.9. The molecule has 0 aromatic heterocycles. The topological polar surface area (TPSA) is 52.7 Å². The Morgan fingerprint density at radius 1 is 1.13 bits per heavy atom. The lowest BCUT2D eigenvalue weighted by molar-refractivity contribution is 0.0717. The molecule has 0 aliphatic carbocycles. The van der Waals surface area contributed by atoms with E-state index < -0.39 is 5.82 Å². The molecule has 0 bridgehead atoms. The Hall–Kier alpha value is -2.89. The van der Waals surface area contributed by atoms with Gasteiger partial charge in [-0.05, 0) is 63.9 Å². The molecular formula is C24H30FN3O2. The first-order valence-electron chi connectivity index (χ1n) is 10.6. The predicted molar refractivity (Wildman–Crippen MR) is 117 cm³/mol. The normalized spacial score (nSPS) is 14.6. The van der Waals surface area contributed by atoms with E-state index >= 15 is 0 Å². The highest BCUT2D eigenvalue weighted by Crippen LogP contribution is 2.26. The standard InChI is InChI=1S/C24H30FN3O2/c1-4-28(17(2)3)24(30)21-10-5-6-11-22(21)27-14-12-20(13-15-27)26-23(29)18-8-7-9-19(25)16-18/h5-11,16-17,20H,4,12-15H2,1-3H3,(H,26,29). The number of carbonyl (C=O) groups excluding carboxylic acids is 2. The number of para-hydroxylation sites is 1. The molecular weight excluding hydrogens is 381 g/mol. The van der Waals surface area contributed by atoms with Gasteiger partial charge in [0.15, 0.2) is 0 Å². The maximum Gasteiger partial charge on any atom is 0.256 e. The fourth-order valence-corrected chi connectivity index (χ4v) is 3.99. The lowest BCUT2D eigenvalue weighted by Gasteiger charge is -2.35. The predicted octanol–water partition coefficient (Wildman–Crippen LogP) is 4.10. The van der Waals surface area contributed by atoms with Crippen molar-refractivity contribution in [3.05, 3.63) is 65.5 Å². The van der Waals surface area contributed by atoms with Crippen LogP contribution in [-0.2, 0) is 0 Å². The van der Waals surface area contributed by atoms with Gasteiger partial charge >= 0.3 is 0 Å². The van der Waals surface area contributed by atoms with Crippen molar-refractivity contribution in [1.82, 2.24) is 10.2 Å². The fraction of sp³-hybridized carbons (Fsp3) is 0.417. The van der Waals surface area contributed by atoms with E-state index in [0.717, 1.165) is 37.2 Å². The summed E-state index contributed by atoms with van der Waals surface area (Å²) in [5, 5.41) is 3.01. The molecule has 0 radical (unpaired) electrons. The Morgan fingerprint density at radius 3 is 2.47 bits per heavy atom. The Morgan fingerprint density at radius 2 is 1.83 bits per heavy atom. The summed E-state index contributed by atoms with van der Waals surface area (Å²) in [4.78, 5) is 29.6. The summed E-state index contributed by atoms with van der Waals surface area (Å²) in [5.74, 6) is -0.620. The van der Waals surface area contributed by atoms with Gasteiger partial charge in [0.25, 0.3) is 11.8 Å². The van der Waals surface area contributed by atoms with Crippen molar-refractivity contribution in [3.63, 3.8) is 0 Å². The van der Waals surface area contributed by atoms with Gasteiger partial charge in [0.1, 0.15) is 5.82 Å². The zero-order valence-electron chi connectivity index (χ0n) is 17.9. The van der Waals surface area contributed by atoms with Crippen LogP contribution in [0.1, 0.15) is 54.3 Å². The first kappa shape index (κ1) is 21.8. The van der Waals surface area contributed by atoms with Crippen molar-refractivity contribution < 1.29 is 14.0 Å². The van der Waals surface area contributed by atoms with Gasteiger partial charge in [0, 0.05) is 43.0 Å². The SMILES string of the molecule is CCN(C(=O)c1ccccc1N1CCC(NC(=O)c2cccc(F)c2)CC1)C(C)C. The molecule has 1 aliphatic heterocycles. The molecule has 160 valence electrons. The molecule has 2 amide bonds. The lowest BCUT2D eigenvalue weighted by Crippen LogP contribution is -2.45. The minimum atomic E-state index is -0.415. The van der Waals surface area contributed by atoms with E-state index in [1.165, 1.54) is 18.2 Å². The molecule has 1 aliphatic rings. The average Bonchev–Trinajstić information content (AvgIpc) is 2.74. The molecule has 6 heteroatoms. The monoisotopic (exact) mass is 411 g/mol. The summed E-state index contributed by atoms with van der Waals surface area (Å²) in [7, 11) is 0. The molecule has 2 aromatic rings. The number of nitrogens with zero attached hydrogens (tertiary/aromatic N) is 2. The van der Waals surface area contributed by atoms with Gasteiger partial charge in [-0.25, -0.2) is 4.39 Å². The molecule has 0 atom stereocenters. The maximum absolute atomic E-state index is 13.4. The summed E-state index contributed by atoms with van der Waals surface area (Å²) in [6.07, 6.45) is 1.54. The average molecular weight is 412 g/mol. The number of nitrogens with one attached hydrogen (secondary N) is 1. The van der Waals surface area contributed by atoms with Gasteiger partial charge in [-0.15, -0.1) is 0 Å². The molecule has 1 heterocycles. The summed E-state index contributed by atoms with van der Waals surface area (Å²) >= 11 is 0. The van der Waals surface area contributed by atoms with Gasteiger partial charge in [-0.2, -0.15) is 0 Å². The van der Waals surface area contributed by atoms with E-state index in [-0.39, 0.29) is 23.9 Å². The van der Waals surface area contributed by atoms with E-state index in [1.54, 1.807) is 6.07 Å². The fourth-order valence-electron chi connectivity index (χ4n) is 3.99. The number of anilines is 1. The Balaban J connectivity index is 1.65. The van der Waals surface area contributed by atoms with Crippen LogP contribution in [0.5, 0.6) is 0 Å². The van der Waals surface area contributed by atoms with Crippen molar-refractivity contribution in [3.8, 4) is 0 Å². The van der Waals surface area contributed by atoms with Crippen LogP contribution in [0.25, 0.3) is 0 Å². The highest BCUT2D eigenvalue weighted by molar-refractivity contribution is 6.00. The van der Waals surface area contributed by atoms with E-state index in [1.807, 2.05) is 49.9 Å². The molecule has 1 fully saturated rings. The number of hydrogen-bond donors (Lipinski definition) is 1. The van der Waals surface area contributed by atoms with E-state index in [9.17, 15) is 14.0 Å². The molecule has 3 rings (SSSR count). The van der Waals surface area contributed by atoms with Crippen LogP contribution in [-0.4, -0.2) is 48.4 Å². The Labute approximate surface area is 177 Å². The van der Waals surface area contributed by atoms with E-state index in [4.69, 9.17) is 0 Å². The molecule has 0 saturated carbocycles. The van der Waals surface area contributed by atoms with Crippen molar-refractivity contribution in [2.24, 2.45) is 0 Å².